The number of pyridine rings is 2. The maximum atomic E-state index is 5.88. The van der Waals surface area contributed by atoms with Crippen LogP contribution in [0.15, 0.2) is 36.5 Å². The van der Waals surface area contributed by atoms with Gasteiger partial charge in [0.25, 0.3) is 0 Å². The highest BCUT2D eigenvalue weighted by Crippen LogP contribution is 2.23. The minimum atomic E-state index is 0.752. The first kappa shape index (κ1) is 16.3. The first-order valence-corrected chi connectivity index (χ1v) is 9.38. The monoisotopic (exact) mass is 338 g/mol. The second-order valence-electron chi connectivity index (χ2n) is 6.87. The van der Waals surface area contributed by atoms with Crippen LogP contribution in [0.1, 0.15) is 30.5 Å². The second-order valence-corrected chi connectivity index (χ2v) is 6.87. The largest absolute Gasteiger partial charge is 0.478 e. The molecule has 0 bridgehead atoms. The van der Waals surface area contributed by atoms with Crippen LogP contribution in [0.25, 0.3) is 0 Å². The average molecular weight is 338 g/mol. The van der Waals surface area contributed by atoms with Gasteiger partial charge in [0.2, 0.25) is 5.88 Å². The van der Waals surface area contributed by atoms with Crippen LogP contribution in [0.3, 0.4) is 0 Å². The molecule has 0 saturated carbocycles. The Kier molecular flexibility index (Phi) is 5.11. The average Bonchev–Trinajstić information content (AvgIpc) is 3.19. The molecule has 0 N–H and O–H groups in total. The summed E-state index contributed by atoms with van der Waals surface area (Å²) in [6.07, 6.45) is 6.57. The maximum absolute atomic E-state index is 5.88. The zero-order valence-electron chi connectivity index (χ0n) is 14.7. The van der Waals surface area contributed by atoms with Crippen molar-refractivity contribution in [1.82, 2.24) is 14.9 Å². The molecule has 2 aromatic rings. The Labute approximate surface area is 149 Å². The van der Waals surface area contributed by atoms with Crippen LogP contribution in [-0.4, -0.2) is 47.7 Å². The molecular formula is C20H26N4O. The zero-order valence-corrected chi connectivity index (χ0v) is 14.7. The Morgan fingerprint density at radius 3 is 2.80 bits per heavy atom. The van der Waals surface area contributed by atoms with Crippen LogP contribution in [-0.2, 0) is 13.0 Å². The summed E-state index contributed by atoms with van der Waals surface area (Å²) < 4.78 is 5.88. The molecular weight excluding hydrogens is 312 g/mol. The normalized spacial score (nSPS) is 17.5. The Hall–Kier alpha value is -2.14. The topological polar surface area (TPSA) is 41.5 Å². The number of nitrogens with zero attached hydrogens (tertiary/aromatic N) is 4. The van der Waals surface area contributed by atoms with E-state index < -0.39 is 0 Å². The van der Waals surface area contributed by atoms with Gasteiger partial charge >= 0.3 is 0 Å². The molecule has 132 valence electrons. The molecule has 1 saturated heterocycles. The molecule has 2 aliphatic rings. The molecule has 5 heteroatoms. The van der Waals surface area contributed by atoms with E-state index in [1.807, 2.05) is 24.4 Å². The lowest BCUT2D eigenvalue weighted by Crippen LogP contribution is -2.31. The van der Waals surface area contributed by atoms with Gasteiger partial charge in [-0.05, 0) is 50.0 Å². The first-order valence-electron chi connectivity index (χ1n) is 9.38. The third-order valence-electron chi connectivity index (χ3n) is 5.06. The van der Waals surface area contributed by atoms with Gasteiger partial charge in [-0.1, -0.05) is 12.1 Å². The Morgan fingerprint density at radius 1 is 1.04 bits per heavy atom. The molecule has 4 heterocycles. The van der Waals surface area contributed by atoms with Crippen LogP contribution < -0.4 is 9.64 Å². The molecule has 0 radical (unpaired) electrons. The van der Waals surface area contributed by atoms with E-state index in [0.29, 0.717) is 0 Å². The van der Waals surface area contributed by atoms with Crippen molar-refractivity contribution in [2.75, 3.05) is 37.7 Å². The van der Waals surface area contributed by atoms with E-state index in [0.717, 1.165) is 50.8 Å². The fourth-order valence-electron chi connectivity index (χ4n) is 3.68. The number of rotatable bonds is 6. The van der Waals surface area contributed by atoms with Crippen molar-refractivity contribution in [3.8, 4) is 5.88 Å². The van der Waals surface area contributed by atoms with Crippen molar-refractivity contribution in [2.24, 2.45) is 0 Å². The number of ether oxygens (including phenoxy) is 1. The fourth-order valence-corrected chi connectivity index (χ4v) is 3.68. The zero-order chi connectivity index (χ0) is 16.9. The van der Waals surface area contributed by atoms with E-state index in [9.17, 15) is 0 Å². The number of fused-ring (bicyclic) bond motifs is 1. The van der Waals surface area contributed by atoms with Crippen LogP contribution >= 0.6 is 0 Å². The summed E-state index contributed by atoms with van der Waals surface area (Å²) in [6, 6.07) is 10.2. The van der Waals surface area contributed by atoms with Gasteiger partial charge in [-0.2, -0.15) is 0 Å². The quantitative estimate of drug-likeness (QED) is 0.758. The maximum Gasteiger partial charge on any atom is 0.213 e. The van der Waals surface area contributed by atoms with Gasteiger partial charge in [-0.3, -0.25) is 0 Å². The number of aromatic nitrogens is 2. The van der Waals surface area contributed by atoms with Gasteiger partial charge < -0.3 is 14.5 Å². The highest BCUT2D eigenvalue weighted by atomic mass is 16.5. The standard InChI is InChI=1S/C20H26N4O/c1-2-10-21-19(6-1)24-14-9-18-17(16-24)7-8-20(22-18)25-15-5-13-23-11-3-4-12-23/h1-2,6-8,10H,3-5,9,11-16H2. The molecule has 0 spiro atoms. The van der Waals surface area contributed by atoms with Gasteiger partial charge in [0, 0.05) is 38.3 Å². The van der Waals surface area contributed by atoms with Gasteiger partial charge in [0.15, 0.2) is 0 Å². The first-order chi connectivity index (χ1) is 12.4. The molecule has 5 nitrogen and oxygen atoms in total. The Balaban J connectivity index is 1.30. The molecule has 1 fully saturated rings. The van der Waals surface area contributed by atoms with Crippen molar-refractivity contribution in [3.63, 3.8) is 0 Å². The van der Waals surface area contributed by atoms with E-state index in [-0.39, 0.29) is 0 Å². The summed E-state index contributed by atoms with van der Waals surface area (Å²) in [5.74, 6) is 1.81. The number of anilines is 1. The van der Waals surface area contributed by atoms with Gasteiger partial charge in [-0.15, -0.1) is 0 Å². The highest BCUT2D eigenvalue weighted by Gasteiger charge is 2.19. The van der Waals surface area contributed by atoms with Crippen LogP contribution in [0.5, 0.6) is 5.88 Å². The van der Waals surface area contributed by atoms with Gasteiger partial charge in [0.1, 0.15) is 5.82 Å². The van der Waals surface area contributed by atoms with Crippen molar-refractivity contribution in [2.45, 2.75) is 32.2 Å². The van der Waals surface area contributed by atoms with Crippen LogP contribution in [0.4, 0.5) is 5.82 Å². The van der Waals surface area contributed by atoms with E-state index in [4.69, 9.17) is 9.72 Å². The van der Waals surface area contributed by atoms with Gasteiger partial charge in [-0.25, -0.2) is 9.97 Å². The van der Waals surface area contributed by atoms with Crippen molar-refractivity contribution < 1.29 is 4.74 Å². The smallest absolute Gasteiger partial charge is 0.213 e. The third kappa shape index (κ3) is 4.10. The van der Waals surface area contributed by atoms with Crippen LogP contribution in [0, 0.1) is 0 Å². The second kappa shape index (κ2) is 7.83. The minimum Gasteiger partial charge on any atom is -0.478 e. The molecule has 0 amide bonds. The lowest BCUT2D eigenvalue weighted by atomic mass is 10.1. The predicted octanol–water partition coefficient (Wildman–Crippen LogP) is 2.90. The fraction of sp³-hybridized carbons (Fsp3) is 0.500. The van der Waals surface area contributed by atoms with Gasteiger partial charge in [0.05, 0.1) is 12.3 Å². The molecule has 0 unspecified atom stereocenters. The third-order valence-corrected chi connectivity index (χ3v) is 5.06. The lowest BCUT2D eigenvalue weighted by molar-refractivity contribution is 0.256. The van der Waals surface area contributed by atoms with Crippen molar-refractivity contribution in [1.29, 1.82) is 0 Å². The van der Waals surface area contributed by atoms with E-state index in [2.05, 4.69) is 26.9 Å². The number of hydrogen-bond acceptors (Lipinski definition) is 5. The molecule has 2 aromatic heterocycles. The summed E-state index contributed by atoms with van der Waals surface area (Å²) in [6.45, 7) is 6.23. The summed E-state index contributed by atoms with van der Waals surface area (Å²) in [4.78, 5) is 14.0. The summed E-state index contributed by atoms with van der Waals surface area (Å²) in [5, 5.41) is 0. The molecule has 0 atom stereocenters. The number of likely N-dealkylation sites (tertiary alicyclic amines) is 1. The minimum absolute atomic E-state index is 0.752. The van der Waals surface area contributed by atoms with Crippen molar-refractivity contribution >= 4 is 5.82 Å². The summed E-state index contributed by atoms with van der Waals surface area (Å²) in [7, 11) is 0. The SMILES string of the molecule is c1ccc(N2CCc3nc(OCCCN4CCCC4)ccc3C2)nc1. The summed E-state index contributed by atoms with van der Waals surface area (Å²) >= 11 is 0. The lowest BCUT2D eigenvalue weighted by Gasteiger charge is -2.29. The van der Waals surface area contributed by atoms with E-state index in [1.165, 1.54) is 37.2 Å². The molecule has 25 heavy (non-hydrogen) atoms. The molecule has 4 rings (SSSR count). The molecule has 2 aliphatic heterocycles. The van der Waals surface area contributed by atoms with E-state index >= 15 is 0 Å². The number of hydrogen-bond donors (Lipinski definition) is 0. The molecule has 0 aliphatic carbocycles. The summed E-state index contributed by atoms with van der Waals surface area (Å²) in [5.41, 5.74) is 2.45. The predicted molar refractivity (Wildman–Crippen MR) is 99.0 cm³/mol. The molecule has 0 aromatic carbocycles. The Bertz CT molecular complexity index is 685. The Morgan fingerprint density at radius 2 is 1.96 bits per heavy atom. The van der Waals surface area contributed by atoms with Crippen molar-refractivity contribution in [3.05, 3.63) is 47.8 Å². The highest BCUT2D eigenvalue weighted by molar-refractivity contribution is 5.42. The van der Waals surface area contributed by atoms with E-state index in [1.54, 1.807) is 0 Å². The van der Waals surface area contributed by atoms with Crippen LogP contribution in [0.2, 0.25) is 0 Å².